The molecule has 0 aliphatic carbocycles. The molecule has 5 nitrogen and oxygen atoms in total. The molecule has 2 rings (SSSR count). The van der Waals surface area contributed by atoms with Gasteiger partial charge in [0.2, 0.25) is 5.88 Å². The minimum Gasteiger partial charge on any atom is -0.404 e. The van der Waals surface area contributed by atoms with E-state index in [1.807, 2.05) is 44.2 Å². The molecular formula is C15H18ClN2O3PS2. The lowest BCUT2D eigenvalue weighted by Gasteiger charge is -2.19. The van der Waals surface area contributed by atoms with Gasteiger partial charge in [-0.05, 0) is 37.6 Å². The number of hydrogen-bond acceptors (Lipinski definition) is 7. The monoisotopic (exact) mass is 404 g/mol. The van der Waals surface area contributed by atoms with Crippen LogP contribution in [0.25, 0.3) is 0 Å². The predicted octanol–water partition coefficient (Wildman–Crippen LogP) is 5.10. The van der Waals surface area contributed by atoms with E-state index in [9.17, 15) is 0 Å². The van der Waals surface area contributed by atoms with Crippen LogP contribution in [0, 0.1) is 0 Å². The van der Waals surface area contributed by atoms with Crippen LogP contribution in [0.5, 0.6) is 5.88 Å². The summed E-state index contributed by atoms with van der Waals surface area (Å²) in [6.07, 6.45) is 0. The second kappa shape index (κ2) is 9.70. The Morgan fingerprint density at radius 3 is 2.25 bits per heavy atom. The molecule has 1 heterocycles. The van der Waals surface area contributed by atoms with Crippen LogP contribution in [0.1, 0.15) is 19.4 Å². The zero-order chi connectivity index (χ0) is 17.4. The van der Waals surface area contributed by atoms with Crippen molar-refractivity contribution < 1.29 is 13.6 Å². The lowest BCUT2D eigenvalue weighted by atomic mass is 10.2. The number of halogens is 1. The number of nitrogens with zero attached hydrogens (tertiary/aromatic N) is 2. The fourth-order valence-corrected chi connectivity index (χ4v) is 4.59. The van der Waals surface area contributed by atoms with Crippen molar-refractivity contribution in [2.45, 2.75) is 24.6 Å². The van der Waals surface area contributed by atoms with E-state index in [0.717, 1.165) is 21.4 Å². The topological polar surface area (TPSA) is 53.5 Å². The predicted molar refractivity (Wildman–Crippen MR) is 101 cm³/mol. The number of rotatable bonds is 9. The van der Waals surface area contributed by atoms with Crippen LogP contribution >= 0.6 is 30.1 Å². The molecule has 1 aromatic carbocycles. The molecule has 9 heteroatoms. The third-order valence-electron chi connectivity index (χ3n) is 2.70. The van der Waals surface area contributed by atoms with Gasteiger partial charge in [-0.15, -0.1) is 10.2 Å². The molecule has 0 N–H and O–H groups in total. The van der Waals surface area contributed by atoms with Crippen molar-refractivity contribution in [1.29, 1.82) is 0 Å². The molecule has 24 heavy (non-hydrogen) atoms. The van der Waals surface area contributed by atoms with E-state index in [4.69, 9.17) is 37.0 Å². The van der Waals surface area contributed by atoms with Gasteiger partial charge in [-0.2, -0.15) is 0 Å². The zero-order valence-corrected chi connectivity index (χ0v) is 16.6. The molecule has 1 aromatic heterocycles. The van der Waals surface area contributed by atoms with Gasteiger partial charge < -0.3 is 4.52 Å². The van der Waals surface area contributed by atoms with E-state index in [0.29, 0.717) is 19.1 Å². The van der Waals surface area contributed by atoms with Crippen molar-refractivity contribution in [3.05, 3.63) is 47.0 Å². The summed E-state index contributed by atoms with van der Waals surface area (Å²) in [5.41, 5.74) is 1.16. The van der Waals surface area contributed by atoms with Crippen LogP contribution in [-0.4, -0.2) is 23.4 Å². The van der Waals surface area contributed by atoms with Gasteiger partial charge in [-0.25, -0.2) is 0 Å². The minimum atomic E-state index is -2.81. The maximum Gasteiger partial charge on any atom is 0.381 e. The van der Waals surface area contributed by atoms with Gasteiger partial charge in [-0.3, -0.25) is 9.05 Å². The Hall–Kier alpha value is -0.690. The number of hydrogen-bond donors (Lipinski definition) is 0. The number of benzene rings is 1. The first kappa shape index (κ1) is 19.6. The highest BCUT2D eigenvalue weighted by molar-refractivity contribution is 8.07. The van der Waals surface area contributed by atoms with Crippen LogP contribution in [0.15, 0.2) is 41.4 Å². The molecule has 0 bridgehead atoms. The normalized spacial score (nSPS) is 11.5. The summed E-state index contributed by atoms with van der Waals surface area (Å²) in [7, 11) is 0. The zero-order valence-electron chi connectivity index (χ0n) is 13.3. The summed E-state index contributed by atoms with van der Waals surface area (Å²) in [6, 6.07) is 11.3. The smallest absolute Gasteiger partial charge is 0.381 e. The lowest BCUT2D eigenvalue weighted by Crippen LogP contribution is -2.03. The Morgan fingerprint density at radius 2 is 1.71 bits per heavy atom. The standard InChI is InChI=1S/C15H18ClN2O3PS2/c1-3-19-22(23,20-4-2)21-14-9-10-15(18-17-14)24-11-12-5-7-13(16)8-6-12/h5-10H,3-4,11H2,1-2H3. The van der Waals surface area contributed by atoms with Crippen LogP contribution in [0.2, 0.25) is 5.02 Å². The number of aromatic nitrogens is 2. The van der Waals surface area contributed by atoms with E-state index < -0.39 is 6.72 Å². The highest BCUT2D eigenvalue weighted by Crippen LogP contribution is 2.49. The Labute approximate surface area is 156 Å². The van der Waals surface area contributed by atoms with E-state index in [2.05, 4.69) is 10.2 Å². The van der Waals surface area contributed by atoms with Gasteiger partial charge in [0.05, 0.1) is 13.2 Å². The van der Waals surface area contributed by atoms with Crippen molar-refractivity contribution in [2.24, 2.45) is 0 Å². The van der Waals surface area contributed by atoms with Gasteiger partial charge in [0.25, 0.3) is 0 Å². The first-order valence-electron chi connectivity index (χ1n) is 7.34. The van der Waals surface area contributed by atoms with Gasteiger partial charge in [0.15, 0.2) is 0 Å². The van der Waals surface area contributed by atoms with Crippen molar-refractivity contribution in [1.82, 2.24) is 10.2 Å². The first-order valence-corrected chi connectivity index (χ1v) is 11.3. The molecule has 0 aliphatic rings. The van der Waals surface area contributed by atoms with Gasteiger partial charge >= 0.3 is 6.72 Å². The van der Waals surface area contributed by atoms with E-state index >= 15 is 0 Å². The van der Waals surface area contributed by atoms with Crippen LogP contribution in [0.3, 0.4) is 0 Å². The minimum absolute atomic E-state index is 0.302. The molecule has 0 spiro atoms. The second-order valence-electron chi connectivity index (χ2n) is 4.50. The molecule has 130 valence electrons. The molecule has 0 saturated carbocycles. The van der Waals surface area contributed by atoms with Gasteiger partial charge in [0, 0.05) is 28.6 Å². The number of thioether (sulfide) groups is 1. The molecule has 0 saturated heterocycles. The molecule has 0 aliphatic heterocycles. The molecule has 0 amide bonds. The summed E-state index contributed by atoms with van der Waals surface area (Å²) in [6.45, 7) is 1.70. The van der Waals surface area contributed by atoms with Crippen molar-refractivity contribution >= 4 is 41.9 Å². The van der Waals surface area contributed by atoms with E-state index in [1.54, 1.807) is 17.8 Å². The van der Waals surface area contributed by atoms with Crippen LogP contribution < -0.4 is 4.52 Å². The van der Waals surface area contributed by atoms with E-state index in [-0.39, 0.29) is 0 Å². The molecule has 0 atom stereocenters. The quantitative estimate of drug-likeness (QED) is 0.425. The highest BCUT2D eigenvalue weighted by atomic mass is 35.5. The summed E-state index contributed by atoms with van der Waals surface area (Å²) >= 11 is 12.8. The SMILES string of the molecule is CCOP(=S)(OCC)Oc1ccc(SCc2ccc(Cl)cc2)nn1. The van der Waals surface area contributed by atoms with Gasteiger partial charge in [0.1, 0.15) is 5.03 Å². The lowest BCUT2D eigenvalue weighted by molar-refractivity contribution is 0.215. The van der Waals surface area contributed by atoms with Crippen LogP contribution in [-0.2, 0) is 26.6 Å². The van der Waals surface area contributed by atoms with E-state index in [1.165, 1.54) is 0 Å². The van der Waals surface area contributed by atoms with Crippen LogP contribution in [0.4, 0.5) is 0 Å². The highest BCUT2D eigenvalue weighted by Gasteiger charge is 2.22. The first-order chi connectivity index (χ1) is 11.5. The Morgan fingerprint density at radius 1 is 1.04 bits per heavy atom. The molecule has 0 radical (unpaired) electrons. The molecule has 0 unspecified atom stereocenters. The average Bonchev–Trinajstić information content (AvgIpc) is 2.56. The van der Waals surface area contributed by atoms with Crippen molar-refractivity contribution in [3.63, 3.8) is 0 Å². The Bertz CT molecular complexity index is 676. The maximum absolute atomic E-state index is 5.87. The second-order valence-corrected chi connectivity index (χ2v) is 8.87. The summed E-state index contributed by atoms with van der Waals surface area (Å²) < 4.78 is 16.4. The molecular weight excluding hydrogens is 387 g/mol. The third-order valence-corrected chi connectivity index (χ3v) is 6.35. The summed E-state index contributed by atoms with van der Waals surface area (Å²) in [4.78, 5) is 0. The molecule has 0 fully saturated rings. The third kappa shape index (κ3) is 6.31. The van der Waals surface area contributed by atoms with Crippen molar-refractivity contribution in [2.75, 3.05) is 13.2 Å². The fraction of sp³-hybridized carbons (Fsp3) is 0.333. The largest absolute Gasteiger partial charge is 0.404 e. The fourth-order valence-electron chi connectivity index (χ4n) is 1.69. The Balaban J connectivity index is 1.94. The molecule has 2 aromatic rings. The average molecular weight is 405 g/mol. The summed E-state index contributed by atoms with van der Waals surface area (Å²) in [5.74, 6) is 1.08. The summed E-state index contributed by atoms with van der Waals surface area (Å²) in [5, 5.41) is 9.70. The van der Waals surface area contributed by atoms with Gasteiger partial charge in [-0.1, -0.05) is 35.5 Å². The Kier molecular flexibility index (Phi) is 7.94. The maximum atomic E-state index is 5.87. The van der Waals surface area contributed by atoms with Crippen molar-refractivity contribution in [3.8, 4) is 5.88 Å².